The van der Waals surface area contributed by atoms with Crippen molar-refractivity contribution in [2.45, 2.75) is 367 Å². The molecule has 0 amide bonds. The average molecular weight is 1060 g/mol. The van der Waals surface area contributed by atoms with Gasteiger partial charge in [-0.25, -0.2) is 0 Å². The minimum atomic E-state index is -0.772. The highest BCUT2D eigenvalue weighted by atomic mass is 16.6. The predicted octanol–water partition coefficient (Wildman–Crippen LogP) is 23.3. The van der Waals surface area contributed by atoms with Crippen molar-refractivity contribution >= 4 is 11.9 Å². The number of ether oxygens (including phenoxy) is 2. The maximum atomic E-state index is 12.4. The fourth-order valence-electron chi connectivity index (χ4n) is 10.3. The first-order valence-electron chi connectivity index (χ1n) is 33.8. The molecule has 0 aromatic heterocycles. The molecule has 0 bridgehead atoms. The van der Waals surface area contributed by atoms with Gasteiger partial charge in [0.25, 0.3) is 0 Å². The maximum absolute atomic E-state index is 12.4. The topological polar surface area (TPSA) is 72.8 Å². The molecule has 0 heterocycles. The Balaban J connectivity index is 3.41. The van der Waals surface area contributed by atoms with E-state index >= 15 is 0 Å². The lowest BCUT2D eigenvalue weighted by atomic mass is 10.0. The molecule has 0 aliphatic carbocycles. The molecule has 0 saturated carbocycles. The number of rotatable bonds is 63. The normalized spacial score (nSPS) is 12.5. The molecule has 444 valence electrons. The highest BCUT2D eigenvalue weighted by Gasteiger charge is 2.16. The summed E-state index contributed by atoms with van der Waals surface area (Å²) < 4.78 is 10.8. The van der Waals surface area contributed by atoms with Gasteiger partial charge in [0.05, 0.1) is 6.61 Å². The van der Waals surface area contributed by atoms with Gasteiger partial charge in [0.2, 0.25) is 0 Å². The molecular formula is C71H130O5. The van der Waals surface area contributed by atoms with Crippen molar-refractivity contribution in [3.63, 3.8) is 0 Å². The lowest BCUT2D eigenvalue weighted by Crippen LogP contribution is -2.28. The van der Waals surface area contributed by atoms with E-state index in [2.05, 4.69) is 74.6 Å². The molecule has 0 fully saturated rings. The molecule has 1 unspecified atom stereocenters. The molecule has 0 aromatic carbocycles. The third-order valence-corrected chi connectivity index (χ3v) is 15.3. The molecule has 1 N–H and O–H groups in total. The van der Waals surface area contributed by atoms with Crippen LogP contribution in [0.15, 0.2) is 60.8 Å². The summed E-state index contributed by atoms with van der Waals surface area (Å²) in [6, 6.07) is 0. The Morgan fingerprint density at radius 3 is 0.868 bits per heavy atom. The molecule has 5 nitrogen and oxygen atoms in total. The van der Waals surface area contributed by atoms with E-state index in [1.165, 1.54) is 270 Å². The summed E-state index contributed by atoms with van der Waals surface area (Å²) in [5.41, 5.74) is 0. The highest BCUT2D eigenvalue weighted by molar-refractivity contribution is 5.70. The van der Waals surface area contributed by atoms with Crippen LogP contribution in [0, 0.1) is 0 Å². The van der Waals surface area contributed by atoms with Crippen molar-refractivity contribution in [1.29, 1.82) is 0 Å². The van der Waals surface area contributed by atoms with Crippen molar-refractivity contribution in [3.8, 4) is 0 Å². The summed E-state index contributed by atoms with van der Waals surface area (Å²) >= 11 is 0. The highest BCUT2D eigenvalue weighted by Crippen LogP contribution is 2.18. The molecule has 0 aliphatic heterocycles. The fourth-order valence-corrected chi connectivity index (χ4v) is 10.3. The van der Waals surface area contributed by atoms with E-state index in [0.29, 0.717) is 12.8 Å². The number of allylic oxidation sites excluding steroid dienone is 10. The van der Waals surface area contributed by atoms with Gasteiger partial charge in [-0.05, 0) is 77.0 Å². The summed E-state index contributed by atoms with van der Waals surface area (Å²) in [6.45, 7) is 4.08. The molecule has 5 heteroatoms. The minimum absolute atomic E-state index is 0.0614. The molecule has 1 atom stereocenters. The van der Waals surface area contributed by atoms with Crippen LogP contribution in [0.4, 0.5) is 0 Å². The van der Waals surface area contributed by atoms with Crippen molar-refractivity contribution in [2.24, 2.45) is 0 Å². The van der Waals surface area contributed by atoms with Crippen LogP contribution in [0.2, 0.25) is 0 Å². The van der Waals surface area contributed by atoms with Gasteiger partial charge >= 0.3 is 11.9 Å². The zero-order valence-electron chi connectivity index (χ0n) is 51.0. The average Bonchev–Trinajstić information content (AvgIpc) is 3.42. The van der Waals surface area contributed by atoms with Crippen LogP contribution < -0.4 is 0 Å². The van der Waals surface area contributed by atoms with E-state index in [1.54, 1.807) is 0 Å². The summed E-state index contributed by atoms with van der Waals surface area (Å²) in [4.78, 5) is 24.6. The van der Waals surface area contributed by atoms with Gasteiger partial charge < -0.3 is 14.6 Å². The second-order valence-corrected chi connectivity index (χ2v) is 22.9. The van der Waals surface area contributed by atoms with Gasteiger partial charge in [-0.3, -0.25) is 9.59 Å². The predicted molar refractivity (Wildman–Crippen MR) is 334 cm³/mol. The van der Waals surface area contributed by atoms with Crippen LogP contribution in [0.1, 0.15) is 361 Å². The van der Waals surface area contributed by atoms with Crippen LogP contribution in [-0.2, 0) is 19.1 Å². The zero-order valence-corrected chi connectivity index (χ0v) is 51.0. The Kier molecular flexibility index (Phi) is 64.8. The number of aliphatic hydroxyl groups is 1. The molecular weight excluding hydrogens is 933 g/mol. The van der Waals surface area contributed by atoms with Gasteiger partial charge in [0, 0.05) is 12.8 Å². The van der Waals surface area contributed by atoms with Crippen molar-refractivity contribution in [1.82, 2.24) is 0 Å². The van der Waals surface area contributed by atoms with E-state index in [1.807, 2.05) is 0 Å². The van der Waals surface area contributed by atoms with Crippen LogP contribution in [0.5, 0.6) is 0 Å². The molecule has 0 rings (SSSR count). The summed E-state index contributed by atoms with van der Waals surface area (Å²) in [7, 11) is 0. The standard InChI is InChI=1S/C71H130O5/c1-3-5-7-9-11-13-15-17-19-21-23-25-27-29-31-33-35-37-39-41-43-45-47-49-51-53-55-57-59-61-63-65-70(73)75-68-69(67-72)76-71(74)66-64-62-60-58-56-54-52-50-48-46-44-42-40-38-36-34-32-30-28-26-24-22-20-18-16-14-12-10-8-6-4-2/h6,8,12,14,18,20-21,23-24,26,69,72H,3-5,7,9-11,13,15-17,19,22,25,27-68H2,1-2H3/b8-6-,14-12-,20-18-,23-21-,26-24-. The van der Waals surface area contributed by atoms with Crippen molar-refractivity contribution in [3.05, 3.63) is 60.8 Å². The number of carbonyl (C=O) groups is 2. The minimum Gasteiger partial charge on any atom is -0.462 e. The monoisotopic (exact) mass is 1060 g/mol. The largest absolute Gasteiger partial charge is 0.462 e. The number of carbonyl (C=O) groups excluding carboxylic acids is 2. The summed E-state index contributed by atoms with van der Waals surface area (Å²) in [6.07, 6.45) is 91.1. The molecule has 76 heavy (non-hydrogen) atoms. The van der Waals surface area contributed by atoms with Gasteiger partial charge in [0.15, 0.2) is 6.10 Å². The van der Waals surface area contributed by atoms with Crippen molar-refractivity contribution < 1.29 is 24.2 Å². The van der Waals surface area contributed by atoms with Crippen LogP contribution in [-0.4, -0.2) is 36.4 Å². The smallest absolute Gasteiger partial charge is 0.306 e. The van der Waals surface area contributed by atoms with Gasteiger partial charge in [-0.2, -0.15) is 0 Å². The second kappa shape index (κ2) is 66.9. The molecule has 0 aromatic rings. The SMILES string of the molecule is CC/C=C\C/C=C\C/C=C\C/C=C\CCCCCCCCCCCCCCCCCCCCC(=O)OC(CO)COC(=O)CCCCCCCCCCCCCCCCCCCCC/C=C\CCCCCCCCCC. The van der Waals surface area contributed by atoms with Gasteiger partial charge in [-0.1, -0.05) is 331 Å². The number of hydrogen-bond donors (Lipinski definition) is 1. The van der Waals surface area contributed by atoms with Crippen LogP contribution in [0.3, 0.4) is 0 Å². The second-order valence-electron chi connectivity index (χ2n) is 22.9. The first-order chi connectivity index (χ1) is 37.6. The number of hydrogen-bond acceptors (Lipinski definition) is 5. The number of aliphatic hydroxyl groups excluding tert-OH is 1. The van der Waals surface area contributed by atoms with E-state index in [4.69, 9.17) is 9.47 Å². The Hall–Kier alpha value is -2.40. The third-order valence-electron chi connectivity index (χ3n) is 15.3. The Morgan fingerprint density at radius 1 is 0.316 bits per heavy atom. The Morgan fingerprint density at radius 2 is 0.566 bits per heavy atom. The molecule has 0 radical (unpaired) electrons. The number of unbranched alkanes of at least 4 members (excludes halogenated alkanes) is 45. The van der Waals surface area contributed by atoms with Crippen LogP contribution >= 0.6 is 0 Å². The van der Waals surface area contributed by atoms with Gasteiger partial charge in [0.1, 0.15) is 6.61 Å². The lowest BCUT2D eigenvalue weighted by molar-refractivity contribution is -0.161. The lowest BCUT2D eigenvalue weighted by Gasteiger charge is -2.15. The maximum Gasteiger partial charge on any atom is 0.306 e. The van der Waals surface area contributed by atoms with Crippen molar-refractivity contribution in [2.75, 3.05) is 13.2 Å². The first-order valence-corrected chi connectivity index (χ1v) is 33.8. The van der Waals surface area contributed by atoms with Gasteiger partial charge in [-0.15, -0.1) is 0 Å². The molecule has 0 aliphatic rings. The van der Waals surface area contributed by atoms with E-state index in [0.717, 1.165) is 64.2 Å². The summed E-state index contributed by atoms with van der Waals surface area (Å²) in [5.74, 6) is -0.570. The molecule has 0 saturated heterocycles. The van der Waals surface area contributed by atoms with E-state index in [9.17, 15) is 14.7 Å². The van der Waals surface area contributed by atoms with E-state index < -0.39 is 6.10 Å². The van der Waals surface area contributed by atoms with E-state index in [-0.39, 0.29) is 25.2 Å². The fraction of sp³-hybridized carbons (Fsp3) is 0.831. The summed E-state index contributed by atoms with van der Waals surface area (Å²) in [5, 5.41) is 9.70. The number of esters is 2. The molecule has 0 spiro atoms. The third kappa shape index (κ3) is 64.1. The first kappa shape index (κ1) is 73.6. The Labute approximate surface area is 474 Å². The quantitative estimate of drug-likeness (QED) is 0.0373. The Bertz CT molecular complexity index is 1300. The van der Waals surface area contributed by atoms with Crippen LogP contribution in [0.25, 0.3) is 0 Å². The zero-order chi connectivity index (χ0) is 54.8.